The summed E-state index contributed by atoms with van der Waals surface area (Å²) in [7, 11) is 0. The van der Waals surface area contributed by atoms with Crippen LogP contribution in [-0.2, 0) is 4.79 Å². The number of rotatable bonds is 2. The molecule has 0 radical (unpaired) electrons. The van der Waals surface area contributed by atoms with E-state index in [1.165, 1.54) is 6.08 Å². The Morgan fingerprint density at radius 3 is 2.71 bits per heavy atom. The summed E-state index contributed by atoms with van der Waals surface area (Å²) >= 11 is 0. The Hall–Kier alpha value is -1.57. The van der Waals surface area contributed by atoms with Crippen LogP contribution in [0.1, 0.15) is 18.1 Å². The fraction of sp³-hybridized carbons (Fsp3) is 0.250. The van der Waals surface area contributed by atoms with Gasteiger partial charge in [0.05, 0.1) is 0 Å². The number of hydrogen-bond donors (Lipinski definition) is 0. The second kappa shape index (κ2) is 4.61. The minimum atomic E-state index is -0.332. The molecule has 0 atom stereocenters. The van der Waals surface area contributed by atoms with E-state index in [1.807, 2.05) is 26.0 Å². The van der Waals surface area contributed by atoms with E-state index in [2.05, 4.69) is 0 Å². The van der Waals surface area contributed by atoms with Crippen molar-refractivity contribution < 1.29 is 9.53 Å². The summed E-state index contributed by atoms with van der Waals surface area (Å²) in [6.07, 6.45) is 3.06. The van der Waals surface area contributed by atoms with Gasteiger partial charge in [-0.1, -0.05) is 18.2 Å². The van der Waals surface area contributed by atoms with Crippen molar-refractivity contribution in [1.29, 1.82) is 0 Å². The molecule has 0 saturated heterocycles. The van der Waals surface area contributed by atoms with Crippen LogP contribution in [0.2, 0.25) is 0 Å². The standard InChI is InChI=1S/C12H14O2/c1-4-6-12(13)14-11-8-5-7-9(2)10(11)3/h4-8H,1-3H3/b6-4-. The molecule has 1 aromatic rings. The molecule has 0 fully saturated rings. The highest BCUT2D eigenvalue weighted by Crippen LogP contribution is 2.20. The lowest BCUT2D eigenvalue weighted by Crippen LogP contribution is -2.05. The number of ether oxygens (including phenoxy) is 1. The van der Waals surface area contributed by atoms with Gasteiger partial charge in [-0.2, -0.15) is 0 Å². The van der Waals surface area contributed by atoms with E-state index >= 15 is 0 Å². The molecule has 0 spiro atoms. The van der Waals surface area contributed by atoms with Crippen LogP contribution in [0.4, 0.5) is 0 Å². The zero-order chi connectivity index (χ0) is 10.6. The van der Waals surface area contributed by atoms with Crippen molar-refractivity contribution in [3.63, 3.8) is 0 Å². The molecule has 0 heterocycles. The summed E-state index contributed by atoms with van der Waals surface area (Å²) in [5, 5.41) is 0. The maximum Gasteiger partial charge on any atom is 0.335 e. The van der Waals surface area contributed by atoms with Gasteiger partial charge >= 0.3 is 5.97 Å². The Morgan fingerprint density at radius 1 is 1.36 bits per heavy atom. The van der Waals surface area contributed by atoms with Gasteiger partial charge in [-0.05, 0) is 38.0 Å². The average Bonchev–Trinajstić information content (AvgIpc) is 2.13. The number of aryl methyl sites for hydroxylation is 1. The third-order valence-electron chi connectivity index (χ3n) is 2.07. The number of esters is 1. The number of hydrogen-bond acceptors (Lipinski definition) is 2. The van der Waals surface area contributed by atoms with E-state index < -0.39 is 0 Å². The van der Waals surface area contributed by atoms with Crippen LogP contribution in [0.15, 0.2) is 30.4 Å². The topological polar surface area (TPSA) is 26.3 Å². The van der Waals surface area contributed by atoms with Gasteiger partial charge in [-0.25, -0.2) is 4.79 Å². The lowest BCUT2D eigenvalue weighted by Gasteiger charge is -2.06. The van der Waals surface area contributed by atoms with Crippen LogP contribution in [0.5, 0.6) is 5.75 Å². The highest BCUT2D eigenvalue weighted by molar-refractivity contribution is 5.84. The molecule has 74 valence electrons. The van der Waals surface area contributed by atoms with Crippen LogP contribution >= 0.6 is 0 Å². The maximum atomic E-state index is 11.2. The zero-order valence-electron chi connectivity index (χ0n) is 8.70. The van der Waals surface area contributed by atoms with Crippen molar-refractivity contribution in [3.05, 3.63) is 41.5 Å². The monoisotopic (exact) mass is 190 g/mol. The predicted octanol–water partition coefficient (Wildman–Crippen LogP) is 2.78. The SMILES string of the molecule is C/C=C\C(=O)Oc1cccc(C)c1C. The quantitative estimate of drug-likeness (QED) is 0.407. The van der Waals surface area contributed by atoms with Crippen LogP contribution in [0.25, 0.3) is 0 Å². The molecule has 0 aromatic heterocycles. The van der Waals surface area contributed by atoms with Gasteiger partial charge in [0.15, 0.2) is 0 Å². The van der Waals surface area contributed by atoms with Crippen LogP contribution in [0, 0.1) is 13.8 Å². The molecule has 0 saturated carbocycles. The Labute approximate surface area is 84.2 Å². The first kappa shape index (κ1) is 10.5. The second-order valence-electron chi connectivity index (χ2n) is 3.12. The van der Waals surface area contributed by atoms with Gasteiger partial charge in [-0.3, -0.25) is 0 Å². The van der Waals surface area contributed by atoms with E-state index in [0.717, 1.165) is 11.1 Å². The highest BCUT2D eigenvalue weighted by Gasteiger charge is 2.04. The molecule has 0 aliphatic rings. The summed E-state index contributed by atoms with van der Waals surface area (Å²) < 4.78 is 5.14. The van der Waals surface area contributed by atoms with Crippen LogP contribution < -0.4 is 4.74 Å². The third-order valence-corrected chi connectivity index (χ3v) is 2.07. The first-order chi connectivity index (χ1) is 6.65. The minimum Gasteiger partial charge on any atom is -0.423 e. The molecule has 0 amide bonds. The molecule has 0 aliphatic heterocycles. The summed E-state index contributed by atoms with van der Waals surface area (Å²) in [6, 6.07) is 5.66. The first-order valence-corrected chi connectivity index (χ1v) is 4.56. The molecule has 2 heteroatoms. The lowest BCUT2D eigenvalue weighted by molar-refractivity contribution is -0.129. The number of benzene rings is 1. The van der Waals surface area contributed by atoms with Gasteiger partial charge in [0.2, 0.25) is 0 Å². The molecular formula is C12H14O2. The third kappa shape index (κ3) is 2.46. The van der Waals surface area contributed by atoms with Crippen molar-refractivity contribution in [3.8, 4) is 5.75 Å². The fourth-order valence-corrected chi connectivity index (χ4v) is 1.11. The summed E-state index contributed by atoms with van der Waals surface area (Å²) in [5.41, 5.74) is 2.13. The molecular weight excluding hydrogens is 176 g/mol. The maximum absolute atomic E-state index is 11.2. The van der Waals surface area contributed by atoms with Crippen molar-refractivity contribution in [1.82, 2.24) is 0 Å². The molecule has 0 bridgehead atoms. The predicted molar refractivity (Wildman–Crippen MR) is 56.4 cm³/mol. The minimum absolute atomic E-state index is 0.332. The van der Waals surface area contributed by atoms with E-state index in [9.17, 15) is 4.79 Å². The van der Waals surface area contributed by atoms with E-state index in [-0.39, 0.29) is 5.97 Å². The molecule has 0 aliphatic carbocycles. The van der Waals surface area contributed by atoms with E-state index in [4.69, 9.17) is 4.74 Å². The molecule has 14 heavy (non-hydrogen) atoms. The normalized spacial score (nSPS) is 10.5. The summed E-state index contributed by atoms with van der Waals surface area (Å²) in [4.78, 5) is 11.2. The van der Waals surface area contributed by atoms with Crippen molar-refractivity contribution in [2.75, 3.05) is 0 Å². The Kier molecular flexibility index (Phi) is 3.46. The Bertz CT molecular complexity index is 365. The van der Waals surface area contributed by atoms with Crippen molar-refractivity contribution in [2.45, 2.75) is 20.8 Å². The summed E-state index contributed by atoms with van der Waals surface area (Å²) in [5.74, 6) is 0.300. The average molecular weight is 190 g/mol. The molecule has 1 aromatic carbocycles. The zero-order valence-corrected chi connectivity index (χ0v) is 8.70. The number of carbonyl (C=O) groups is 1. The Balaban J connectivity index is 2.87. The largest absolute Gasteiger partial charge is 0.423 e. The highest BCUT2D eigenvalue weighted by atomic mass is 16.5. The molecule has 0 N–H and O–H groups in total. The van der Waals surface area contributed by atoms with Crippen LogP contribution in [-0.4, -0.2) is 5.97 Å². The van der Waals surface area contributed by atoms with Crippen LogP contribution in [0.3, 0.4) is 0 Å². The second-order valence-corrected chi connectivity index (χ2v) is 3.12. The molecule has 2 nitrogen and oxygen atoms in total. The Morgan fingerprint density at radius 2 is 2.07 bits per heavy atom. The van der Waals surface area contributed by atoms with Gasteiger partial charge in [0.1, 0.15) is 5.75 Å². The first-order valence-electron chi connectivity index (χ1n) is 4.56. The molecule has 1 rings (SSSR count). The van der Waals surface area contributed by atoms with Gasteiger partial charge < -0.3 is 4.74 Å². The fourth-order valence-electron chi connectivity index (χ4n) is 1.11. The van der Waals surface area contributed by atoms with E-state index in [0.29, 0.717) is 5.75 Å². The summed E-state index contributed by atoms with van der Waals surface area (Å²) in [6.45, 7) is 5.71. The van der Waals surface area contributed by atoms with Gasteiger partial charge in [-0.15, -0.1) is 0 Å². The molecule has 0 unspecified atom stereocenters. The van der Waals surface area contributed by atoms with Crippen molar-refractivity contribution >= 4 is 5.97 Å². The lowest BCUT2D eigenvalue weighted by atomic mass is 10.1. The van der Waals surface area contributed by atoms with Gasteiger partial charge in [0.25, 0.3) is 0 Å². The number of allylic oxidation sites excluding steroid dienone is 1. The van der Waals surface area contributed by atoms with Crippen molar-refractivity contribution in [2.24, 2.45) is 0 Å². The van der Waals surface area contributed by atoms with E-state index in [1.54, 1.807) is 19.1 Å². The van der Waals surface area contributed by atoms with Gasteiger partial charge in [0, 0.05) is 6.08 Å². The number of carbonyl (C=O) groups excluding carboxylic acids is 1. The smallest absolute Gasteiger partial charge is 0.335 e.